The molecule has 0 bridgehead atoms. The van der Waals surface area contributed by atoms with Gasteiger partial charge in [-0.05, 0) is 30.2 Å². The molecule has 1 aromatic heterocycles. The van der Waals surface area contributed by atoms with E-state index in [1.54, 1.807) is 13.2 Å². The van der Waals surface area contributed by atoms with E-state index >= 15 is 0 Å². The number of benzene rings is 1. The maximum absolute atomic E-state index is 12.6. The number of aromatic nitrogens is 2. The standard InChI is InChI=1S/C17H16N4O3S3/c1-3-14-19-20-16(27-14)18-13(22)9-21-15(23)12(26-17(21)25)8-10-4-6-11(24-2)7-5-10/h4-8H,3,9H2,1-2H3,(H,18,20,22)/b12-8+. The average Bonchev–Trinajstić information content (AvgIpc) is 3.22. The molecule has 1 aliphatic heterocycles. The summed E-state index contributed by atoms with van der Waals surface area (Å²) < 4.78 is 5.47. The molecule has 1 fully saturated rings. The van der Waals surface area contributed by atoms with Crippen molar-refractivity contribution in [1.82, 2.24) is 15.1 Å². The van der Waals surface area contributed by atoms with Gasteiger partial charge in [0, 0.05) is 0 Å². The van der Waals surface area contributed by atoms with Gasteiger partial charge in [0.25, 0.3) is 5.91 Å². The van der Waals surface area contributed by atoms with Gasteiger partial charge >= 0.3 is 0 Å². The van der Waals surface area contributed by atoms with Crippen molar-refractivity contribution in [2.45, 2.75) is 13.3 Å². The van der Waals surface area contributed by atoms with Crippen LogP contribution in [0.4, 0.5) is 5.13 Å². The molecule has 0 aliphatic carbocycles. The summed E-state index contributed by atoms with van der Waals surface area (Å²) in [6.07, 6.45) is 2.49. The number of nitrogens with one attached hydrogen (secondary N) is 1. The van der Waals surface area contributed by atoms with Crippen LogP contribution in [0, 0.1) is 0 Å². The predicted octanol–water partition coefficient (Wildman–Crippen LogP) is 2.95. The van der Waals surface area contributed by atoms with Crippen LogP contribution >= 0.6 is 35.3 Å². The minimum Gasteiger partial charge on any atom is -0.497 e. The second-order valence-corrected chi connectivity index (χ2v) is 8.18. The lowest BCUT2D eigenvalue weighted by molar-refractivity contribution is -0.126. The number of thioether (sulfide) groups is 1. The van der Waals surface area contributed by atoms with Gasteiger partial charge in [0.05, 0.1) is 12.0 Å². The van der Waals surface area contributed by atoms with Gasteiger partial charge in [0.15, 0.2) is 0 Å². The number of rotatable bonds is 6. The Morgan fingerprint density at radius 2 is 2.07 bits per heavy atom. The summed E-state index contributed by atoms with van der Waals surface area (Å²) in [5.74, 6) is 0.0811. The molecule has 0 atom stereocenters. The molecule has 0 radical (unpaired) electrons. The summed E-state index contributed by atoms with van der Waals surface area (Å²) in [5, 5.41) is 11.7. The number of aryl methyl sites for hydroxylation is 1. The molecule has 0 unspecified atom stereocenters. The highest BCUT2D eigenvalue weighted by molar-refractivity contribution is 8.26. The fraction of sp³-hybridized carbons (Fsp3) is 0.235. The van der Waals surface area contributed by atoms with Crippen LogP contribution in [0.15, 0.2) is 29.2 Å². The van der Waals surface area contributed by atoms with Crippen molar-refractivity contribution < 1.29 is 14.3 Å². The van der Waals surface area contributed by atoms with Gasteiger partial charge in [-0.15, -0.1) is 10.2 Å². The third-order valence-corrected chi connectivity index (χ3v) is 5.97. The molecule has 140 valence electrons. The van der Waals surface area contributed by atoms with Crippen LogP contribution in [-0.2, 0) is 16.0 Å². The van der Waals surface area contributed by atoms with Crippen LogP contribution in [0.2, 0.25) is 0 Å². The maximum atomic E-state index is 12.6. The summed E-state index contributed by atoms with van der Waals surface area (Å²) in [5.41, 5.74) is 0.849. The minimum atomic E-state index is -0.365. The maximum Gasteiger partial charge on any atom is 0.266 e. The Labute approximate surface area is 169 Å². The van der Waals surface area contributed by atoms with Crippen molar-refractivity contribution in [3.63, 3.8) is 0 Å². The molecule has 0 saturated carbocycles. The first kappa shape index (κ1) is 19.5. The van der Waals surface area contributed by atoms with Crippen molar-refractivity contribution in [1.29, 1.82) is 0 Å². The Balaban J connectivity index is 1.66. The zero-order chi connectivity index (χ0) is 19.4. The quantitative estimate of drug-likeness (QED) is 0.568. The Morgan fingerprint density at radius 3 is 2.70 bits per heavy atom. The van der Waals surface area contributed by atoms with Crippen LogP contribution in [0.5, 0.6) is 5.75 Å². The first-order valence-corrected chi connectivity index (χ1v) is 10.1. The highest BCUT2D eigenvalue weighted by Crippen LogP contribution is 2.32. The highest BCUT2D eigenvalue weighted by atomic mass is 32.2. The monoisotopic (exact) mass is 420 g/mol. The molecular weight excluding hydrogens is 404 g/mol. The molecule has 2 heterocycles. The number of ether oxygens (including phenoxy) is 1. The number of hydrogen-bond donors (Lipinski definition) is 1. The van der Waals surface area contributed by atoms with Crippen LogP contribution in [-0.4, -0.2) is 44.9 Å². The van der Waals surface area contributed by atoms with Gasteiger partial charge in [-0.25, -0.2) is 0 Å². The number of hydrogen-bond acceptors (Lipinski definition) is 8. The Kier molecular flexibility index (Phi) is 6.19. The second kappa shape index (κ2) is 8.59. The van der Waals surface area contributed by atoms with E-state index in [0.29, 0.717) is 14.4 Å². The number of carbonyl (C=O) groups is 2. The lowest BCUT2D eigenvalue weighted by Crippen LogP contribution is -2.36. The van der Waals surface area contributed by atoms with Crippen LogP contribution in [0.25, 0.3) is 6.08 Å². The normalized spacial score (nSPS) is 15.5. The number of thiocarbonyl (C=S) groups is 1. The highest BCUT2D eigenvalue weighted by Gasteiger charge is 2.33. The van der Waals surface area contributed by atoms with E-state index < -0.39 is 0 Å². The third-order valence-electron chi connectivity index (χ3n) is 3.60. The van der Waals surface area contributed by atoms with Crippen molar-refractivity contribution in [2.24, 2.45) is 0 Å². The lowest BCUT2D eigenvalue weighted by atomic mass is 10.2. The van der Waals surface area contributed by atoms with Crippen LogP contribution in [0.3, 0.4) is 0 Å². The van der Waals surface area contributed by atoms with Crippen LogP contribution < -0.4 is 10.1 Å². The fourth-order valence-corrected chi connectivity index (χ4v) is 4.19. The van der Waals surface area contributed by atoms with Crippen molar-refractivity contribution in [3.8, 4) is 5.75 Å². The summed E-state index contributed by atoms with van der Waals surface area (Å²) in [6, 6.07) is 7.32. The van der Waals surface area contributed by atoms with Crippen molar-refractivity contribution in [2.75, 3.05) is 19.0 Å². The molecule has 10 heteroatoms. The Hall–Kier alpha value is -2.30. The van der Waals surface area contributed by atoms with Gasteiger partial charge < -0.3 is 4.74 Å². The van der Waals surface area contributed by atoms with E-state index in [2.05, 4.69) is 15.5 Å². The number of carbonyl (C=O) groups excluding carboxylic acids is 2. The molecule has 1 saturated heterocycles. The molecule has 2 aromatic rings. The van der Waals surface area contributed by atoms with E-state index in [0.717, 1.165) is 22.7 Å². The number of nitrogens with zero attached hydrogens (tertiary/aromatic N) is 3. The van der Waals surface area contributed by atoms with E-state index in [9.17, 15) is 9.59 Å². The van der Waals surface area contributed by atoms with E-state index in [-0.39, 0.29) is 18.4 Å². The second-order valence-electron chi connectivity index (χ2n) is 5.44. The fourth-order valence-electron chi connectivity index (χ4n) is 2.24. The summed E-state index contributed by atoms with van der Waals surface area (Å²) in [6.45, 7) is 1.80. The summed E-state index contributed by atoms with van der Waals surface area (Å²) in [4.78, 5) is 26.6. The van der Waals surface area contributed by atoms with Gasteiger partial charge in [-0.2, -0.15) is 0 Å². The molecule has 0 spiro atoms. The van der Waals surface area contributed by atoms with Gasteiger partial charge in [0.2, 0.25) is 11.0 Å². The topological polar surface area (TPSA) is 84.4 Å². The molecular formula is C17H16N4O3S3. The summed E-state index contributed by atoms with van der Waals surface area (Å²) in [7, 11) is 1.59. The number of methoxy groups -OCH3 is 1. The zero-order valence-electron chi connectivity index (χ0n) is 14.6. The molecule has 3 rings (SSSR count). The zero-order valence-corrected chi connectivity index (χ0v) is 17.0. The lowest BCUT2D eigenvalue weighted by Gasteiger charge is -2.13. The molecule has 27 heavy (non-hydrogen) atoms. The Bertz CT molecular complexity index is 908. The largest absolute Gasteiger partial charge is 0.497 e. The van der Waals surface area contributed by atoms with Gasteiger partial charge in [0.1, 0.15) is 21.6 Å². The van der Waals surface area contributed by atoms with Crippen molar-refractivity contribution in [3.05, 3.63) is 39.7 Å². The molecule has 1 aliphatic rings. The van der Waals surface area contributed by atoms with E-state index in [4.69, 9.17) is 17.0 Å². The van der Waals surface area contributed by atoms with Gasteiger partial charge in [-0.1, -0.05) is 54.4 Å². The SMILES string of the molecule is CCc1nnc(NC(=O)CN2C(=O)/C(=C\c3ccc(OC)cc3)SC2=S)s1. The van der Waals surface area contributed by atoms with Gasteiger partial charge in [-0.3, -0.25) is 19.8 Å². The smallest absolute Gasteiger partial charge is 0.266 e. The first-order chi connectivity index (χ1) is 13.0. The molecule has 1 N–H and O–H groups in total. The van der Waals surface area contributed by atoms with E-state index in [1.165, 1.54) is 28.0 Å². The number of anilines is 1. The Morgan fingerprint density at radius 1 is 1.33 bits per heavy atom. The molecule has 2 amide bonds. The van der Waals surface area contributed by atoms with Crippen molar-refractivity contribution >= 4 is 62.7 Å². The van der Waals surface area contributed by atoms with E-state index in [1.807, 2.05) is 31.2 Å². The third kappa shape index (κ3) is 4.71. The average molecular weight is 421 g/mol. The number of amides is 2. The van der Waals surface area contributed by atoms with Crippen LogP contribution in [0.1, 0.15) is 17.5 Å². The minimum absolute atomic E-state index is 0.161. The molecule has 1 aromatic carbocycles. The predicted molar refractivity (Wildman–Crippen MR) is 111 cm³/mol. The first-order valence-electron chi connectivity index (χ1n) is 8.01. The summed E-state index contributed by atoms with van der Waals surface area (Å²) >= 11 is 7.74. The molecule has 7 nitrogen and oxygen atoms in total.